The zero-order valence-electron chi connectivity index (χ0n) is 13.4. The molecule has 8 nitrogen and oxygen atoms in total. The molecular weight excluding hydrogens is 355 g/mol. The van der Waals surface area contributed by atoms with Crippen molar-refractivity contribution in [1.82, 2.24) is 0 Å². The molecule has 0 aliphatic carbocycles. The number of nitrogens with zero attached hydrogens (tertiary/aromatic N) is 1. The molecule has 134 valence electrons. The Balaban J connectivity index is 3.25. The van der Waals surface area contributed by atoms with Crippen molar-refractivity contribution in [2.45, 2.75) is 32.1 Å². The fraction of sp³-hybridized carbons (Fsp3) is 0.500. The number of carbonyl (C=O) groups is 1. The van der Waals surface area contributed by atoms with Gasteiger partial charge in [0.2, 0.25) is 7.37 Å². The van der Waals surface area contributed by atoms with Crippen molar-refractivity contribution in [2.75, 3.05) is 6.16 Å². The van der Waals surface area contributed by atoms with Crippen LogP contribution in [0.15, 0.2) is 28.6 Å². The largest absolute Gasteiger partial charge is 0.481 e. The molecule has 1 aromatic rings. The quantitative estimate of drug-likeness (QED) is 0.584. The van der Waals surface area contributed by atoms with Gasteiger partial charge in [-0.2, -0.15) is 12.8 Å². The van der Waals surface area contributed by atoms with Gasteiger partial charge < -0.3 is 15.7 Å². The fourth-order valence-corrected chi connectivity index (χ4v) is 5.66. The van der Waals surface area contributed by atoms with Crippen molar-refractivity contribution in [3.63, 3.8) is 0 Å². The summed E-state index contributed by atoms with van der Waals surface area (Å²) >= 11 is 0. The Labute approximate surface area is 141 Å². The van der Waals surface area contributed by atoms with Crippen LogP contribution in [0, 0.1) is 5.92 Å². The number of carboxylic acids is 1. The lowest BCUT2D eigenvalue weighted by molar-refractivity contribution is -0.138. The number of hydrogen-bond acceptors (Lipinski definition) is 6. The van der Waals surface area contributed by atoms with Crippen LogP contribution >= 0.6 is 7.37 Å². The summed E-state index contributed by atoms with van der Waals surface area (Å²) in [4.78, 5) is 21.9. The molecule has 3 unspecified atom stereocenters. The molecule has 24 heavy (non-hydrogen) atoms. The van der Waals surface area contributed by atoms with Crippen LogP contribution in [-0.2, 0) is 26.4 Å². The lowest BCUT2D eigenvalue weighted by Crippen LogP contribution is -2.22. The first-order chi connectivity index (χ1) is 11.1. The molecule has 0 amide bonds. The molecule has 1 rings (SSSR count). The second-order valence-electron chi connectivity index (χ2n) is 5.76. The molecule has 3 atom stereocenters. The summed E-state index contributed by atoms with van der Waals surface area (Å²) in [6, 6.07) is 6.43. The summed E-state index contributed by atoms with van der Waals surface area (Å²) in [5, 5.41) is 9.44. The molecular formula is C14H21N2O6PS. The average molecular weight is 376 g/mol. The van der Waals surface area contributed by atoms with Gasteiger partial charge in [0.05, 0.1) is 5.92 Å². The first-order valence-electron chi connectivity index (χ1n) is 7.22. The van der Waals surface area contributed by atoms with Crippen LogP contribution in [0.2, 0.25) is 0 Å². The molecule has 1 aromatic carbocycles. The van der Waals surface area contributed by atoms with Gasteiger partial charge in [-0.1, -0.05) is 38.1 Å². The van der Waals surface area contributed by atoms with E-state index in [0.717, 1.165) is 0 Å². The molecule has 0 radical (unpaired) electrons. The van der Waals surface area contributed by atoms with E-state index in [4.69, 9.17) is 5.73 Å². The van der Waals surface area contributed by atoms with E-state index >= 15 is 0 Å². The minimum absolute atomic E-state index is 0.204. The van der Waals surface area contributed by atoms with E-state index in [0.29, 0.717) is 11.1 Å². The smallest absolute Gasteiger partial charge is 0.311 e. The molecule has 0 aliphatic heterocycles. The van der Waals surface area contributed by atoms with E-state index in [1.165, 1.54) is 6.07 Å². The Hall–Kier alpha value is -1.54. The Morgan fingerprint density at radius 1 is 1.38 bits per heavy atom. The number of aliphatic carboxylic acids is 1. The molecule has 0 saturated carbocycles. The Morgan fingerprint density at radius 2 is 2.00 bits per heavy atom. The third-order valence-corrected chi connectivity index (χ3v) is 6.52. The van der Waals surface area contributed by atoms with E-state index < -0.39 is 47.6 Å². The maximum absolute atomic E-state index is 12.6. The molecule has 0 heterocycles. The Bertz CT molecular complexity index is 769. The molecule has 4 N–H and O–H groups in total. The van der Waals surface area contributed by atoms with Crippen molar-refractivity contribution in [3.05, 3.63) is 35.4 Å². The minimum Gasteiger partial charge on any atom is -0.481 e. The molecule has 0 fully saturated rings. The normalized spacial score (nSPS) is 16.2. The Morgan fingerprint density at radius 3 is 2.46 bits per heavy atom. The standard InChI is InChI=1S/C14H21N2O6PS/c1-9(2)13(16-24(21)22)23(19,20)8-12(14(17)18)11-5-3-4-10(6-11)7-15/h3-6,9,12-13H,7-8,15H2,1-2H3,(H,17,18)(H,19,20). The highest BCUT2D eigenvalue weighted by Crippen LogP contribution is 2.52. The first kappa shape index (κ1) is 20.5. The predicted octanol–water partition coefficient (Wildman–Crippen LogP) is 1.63. The zero-order valence-corrected chi connectivity index (χ0v) is 15.1. The predicted molar refractivity (Wildman–Crippen MR) is 89.4 cm³/mol. The number of nitrogens with two attached hydrogens (primary N) is 1. The van der Waals surface area contributed by atoms with Crippen molar-refractivity contribution in [1.29, 1.82) is 0 Å². The topological polar surface area (TPSA) is 147 Å². The summed E-state index contributed by atoms with van der Waals surface area (Å²) in [6.07, 6.45) is -0.611. The van der Waals surface area contributed by atoms with Gasteiger partial charge in [-0.05, 0) is 17.0 Å². The molecule has 0 saturated heterocycles. The lowest BCUT2D eigenvalue weighted by atomic mass is 9.99. The highest BCUT2D eigenvalue weighted by atomic mass is 32.2. The SMILES string of the molecule is CC(C)C(N=S(=O)=O)P(=O)(O)CC(C(=O)O)c1cccc(CN)c1. The summed E-state index contributed by atoms with van der Waals surface area (Å²) < 4.78 is 37.5. The molecule has 0 aliphatic rings. The zero-order chi connectivity index (χ0) is 18.5. The van der Waals surface area contributed by atoms with Crippen molar-refractivity contribution < 1.29 is 27.8 Å². The van der Waals surface area contributed by atoms with E-state index in [1.54, 1.807) is 32.0 Å². The first-order valence-corrected chi connectivity index (χ1v) is 10.2. The van der Waals surface area contributed by atoms with Crippen LogP contribution in [0.25, 0.3) is 0 Å². The average Bonchev–Trinajstić information content (AvgIpc) is 2.49. The van der Waals surface area contributed by atoms with Gasteiger partial charge in [0, 0.05) is 12.7 Å². The summed E-state index contributed by atoms with van der Waals surface area (Å²) in [5.41, 5.74) is 6.56. The van der Waals surface area contributed by atoms with Gasteiger partial charge in [0.25, 0.3) is 0 Å². The second kappa shape index (κ2) is 8.53. The van der Waals surface area contributed by atoms with Gasteiger partial charge in [0.15, 0.2) is 0 Å². The van der Waals surface area contributed by atoms with Gasteiger partial charge in [0.1, 0.15) is 5.78 Å². The highest BCUT2D eigenvalue weighted by Gasteiger charge is 2.39. The molecule has 0 aromatic heterocycles. The maximum atomic E-state index is 12.6. The van der Waals surface area contributed by atoms with Crippen LogP contribution in [0.5, 0.6) is 0 Å². The lowest BCUT2D eigenvalue weighted by Gasteiger charge is -2.24. The number of hydrogen-bond donors (Lipinski definition) is 3. The molecule has 0 bridgehead atoms. The fourth-order valence-electron chi connectivity index (χ4n) is 2.38. The highest BCUT2D eigenvalue weighted by molar-refractivity contribution is 7.63. The van der Waals surface area contributed by atoms with Crippen LogP contribution in [-0.4, -0.2) is 36.3 Å². The third-order valence-electron chi connectivity index (χ3n) is 3.54. The number of benzene rings is 1. The van der Waals surface area contributed by atoms with Crippen LogP contribution in [0.4, 0.5) is 0 Å². The van der Waals surface area contributed by atoms with Crippen LogP contribution in [0.3, 0.4) is 0 Å². The summed E-state index contributed by atoms with van der Waals surface area (Å²) in [5.74, 6) is -4.45. The number of rotatable bonds is 8. The van der Waals surface area contributed by atoms with Crippen molar-refractivity contribution in [3.8, 4) is 0 Å². The molecule has 10 heteroatoms. The number of carboxylic acid groups (broad SMARTS) is 1. The van der Waals surface area contributed by atoms with Gasteiger partial charge >= 0.3 is 16.5 Å². The minimum atomic E-state index is -4.18. The monoisotopic (exact) mass is 376 g/mol. The summed E-state index contributed by atoms with van der Waals surface area (Å²) in [6.45, 7) is 3.31. The molecule has 0 spiro atoms. The van der Waals surface area contributed by atoms with E-state index in [9.17, 15) is 27.8 Å². The van der Waals surface area contributed by atoms with Gasteiger partial charge in [-0.25, -0.2) is 0 Å². The van der Waals surface area contributed by atoms with Gasteiger partial charge in [-0.3, -0.25) is 9.36 Å². The van der Waals surface area contributed by atoms with Gasteiger partial charge in [-0.15, -0.1) is 0 Å². The summed E-state index contributed by atoms with van der Waals surface area (Å²) in [7, 11) is -7.04. The third kappa shape index (κ3) is 5.52. The van der Waals surface area contributed by atoms with Crippen molar-refractivity contribution >= 4 is 23.8 Å². The van der Waals surface area contributed by atoms with E-state index in [1.807, 2.05) is 0 Å². The Kier molecular flexibility index (Phi) is 7.28. The van der Waals surface area contributed by atoms with E-state index in [-0.39, 0.29) is 6.54 Å². The van der Waals surface area contributed by atoms with Crippen LogP contribution < -0.4 is 5.73 Å². The van der Waals surface area contributed by atoms with Crippen molar-refractivity contribution in [2.24, 2.45) is 16.0 Å². The maximum Gasteiger partial charge on any atom is 0.311 e. The van der Waals surface area contributed by atoms with Crippen LogP contribution in [0.1, 0.15) is 30.9 Å². The second-order valence-corrected chi connectivity index (χ2v) is 8.81. The van der Waals surface area contributed by atoms with E-state index in [2.05, 4.69) is 4.36 Å².